The lowest BCUT2D eigenvalue weighted by Gasteiger charge is -2.19. The molecule has 1 aromatic carbocycles. The van der Waals surface area contributed by atoms with Crippen molar-refractivity contribution in [1.82, 2.24) is 4.90 Å². The normalized spacial score (nSPS) is 11.9. The average molecular weight is 277 g/mol. The van der Waals surface area contributed by atoms with Crippen molar-refractivity contribution >= 4 is 11.9 Å². The quantitative estimate of drug-likeness (QED) is 0.833. The van der Waals surface area contributed by atoms with Crippen molar-refractivity contribution in [2.24, 2.45) is 5.92 Å². The molecule has 0 aliphatic heterocycles. The Balaban J connectivity index is 2.59. The summed E-state index contributed by atoms with van der Waals surface area (Å²) in [6, 6.07) is 6.93. The smallest absolute Gasteiger partial charge is 0.335 e. The van der Waals surface area contributed by atoms with Crippen LogP contribution in [0.15, 0.2) is 24.3 Å². The van der Waals surface area contributed by atoms with E-state index in [0.717, 1.165) is 12.0 Å². The molecule has 0 aliphatic carbocycles. The third kappa shape index (κ3) is 4.68. The fraction of sp³-hybridized carbons (Fsp3) is 0.500. The van der Waals surface area contributed by atoms with Crippen molar-refractivity contribution < 1.29 is 14.7 Å². The Morgan fingerprint density at radius 3 is 2.55 bits per heavy atom. The summed E-state index contributed by atoms with van der Waals surface area (Å²) in [5.41, 5.74) is 1.08. The minimum Gasteiger partial charge on any atom is -0.478 e. The summed E-state index contributed by atoms with van der Waals surface area (Å²) in [5, 5.41) is 9.11. The number of carbonyl (C=O) groups is 2. The summed E-state index contributed by atoms with van der Waals surface area (Å²) in [4.78, 5) is 24.8. The Labute approximate surface area is 120 Å². The number of carboxylic acid groups (broad SMARTS) is 1. The molecule has 1 atom stereocenters. The molecule has 1 amide bonds. The number of hydrogen-bond donors (Lipinski definition) is 1. The number of amides is 1. The first-order valence-electron chi connectivity index (χ1n) is 7.00. The topological polar surface area (TPSA) is 57.6 Å². The van der Waals surface area contributed by atoms with Crippen LogP contribution in [-0.4, -0.2) is 35.5 Å². The number of hydrogen-bond acceptors (Lipinski definition) is 2. The van der Waals surface area contributed by atoms with Crippen LogP contribution in [0.4, 0.5) is 0 Å². The Kier molecular flexibility index (Phi) is 6.22. The van der Waals surface area contributed by atoms with Crippen molar-refractivity contribution in [1.29, 1.82) is 0 Å². The highest BCUT2D eigenvalue weighted by atomic mass is 16.4. The third-order valence-corrected chi connectivity index (χ3v) is 3.61. The van der Waals surface area contributed by atoms with E-state index in [4.69, 9.17) is 5.11 Å². The molecule has 0 radical (unpaired) electrons. The van der Waals surface area contributed by atoms with Gasteiger partial charge in [-0.05, 0) is 24.0 Å². The second-order valence-electron chi connectivity index (χ2n) is 5.25. The van der Waals surface area contributed by atoms with Crippen molar-refractivity contribution in [2.75, 3.05) is 13.6 Å². The largest absolute Gasteiger partial charge is 0.478 e. The van der Waals surface area contributed by atoms with Gasteiger partial charge in [0.2, 0.25) is 5.91 Å². The minimum absolute atomic E-state index is 0.118. The third-order valence-electron chi connectivity index (χ3n) is 3.61. The summed E-state index contributed by atoms with van der Waals surface area (Å²) in [5.74, 6) is -0.419. The monoisotopic (exact) mass is 277 g/mol. The first-order chi connectivity index (χ1) is 9.45. The predicted octanol–water partition coefficient (Wildman–Crippen LogP) is 2.82. The maximum atomic E-state index is 12.0. The van der Waals surface area contributed by atoms with E-state index in [0.29, 0.717) is 30.9 Å². The van der Waals surface area contributed by atoms with Crippen molar-refractivity contribution in [3.8, 4) is 0 Å². The Morgan fingerprint density at radius 1 is 1.30 bits per heavy atom. The molecule has 20 heavy (non-hydrogen) atoms. The van der Waals surface area contributed by atoms with Gasteiger partial charge >= 0.3 is 5.97 Å². The van der Waals surface area contributed by atoms with E-state index >= 15 is 0 Å². The zero-order valence-corrected chi connectivity index (χ0v) is 12.4. The number of benzene rings is 1. The van der Waals surface area contributed by atoms with Gasteiger partial charge in [-0.25, -0.2) is 4.79 Å². The van der Waals surface area contributed by atoms with Crippen LogP contribution in [0.3, 0.4) is 0 Å². The molecule has 1 aromatic rings. The van der Waals surface area contributed by atoms with Gasteiger partial charge in [0.1, 0.15) is 0 Å². The lowest BCUT2D eigenvalue weighted by molar-refractivity contribution is -0.130. The molecule has 4 nitrogen and oxygen atoms in total. The van der Waals surface area contributed by atoms with E-state index in [1.54, 1.807) is 30.1 Å². The SMILES string of the molecule is CCC(C)CC(=O)N(C)CCc1ccccc1C(=O)O. The van der Waals surface area contributed by atoms with Gasteiger partial charge < -0.3 is 10.0 Å². The van der Waals surface area contributed by atoms with Gasteiger partial charge in [-0.2, -0.15) is 0 Å². The molecule has 110 valence electrons. The molecule has 0 bridgehead atoms. The van der Waals surface area contributed by atoms with Gasteiger partial charge in [0.25, 0.3) is 0 Å². The average Bonchev–Trinajstić information content (AvgIpc) is 2.44. The van der Waals surface area contributed by atoms with Crippen LogP contribution < -0.4 is 0 Å². The van der Waals surface area contributed by atoms with E-state index in [2.05, 4.69) is 13.8 Å². The predicted molar refractivity (Wildman–Crippen MR) is 78.8 cm³/mol. The molecule has 1 rings (SSSR count). The molecule has 0 heterocycles. The Hall–Kier alpha value is -1.84. The van der Waals surface area contributed by atoms with E-state index in [1.165, 1.54) is 0 Å². The van der Waals surface area contributed by atoms with Crippen LogP contribution in [0.25, 0.3) is 0 Å². The van der Waals surface area contributed by atoms with Crippen molar-refractivity contribution in [2.45, 2.75) is 33.1 Å². The molecular formula is C16H23NO3. The molecule has 1 unspecified atom stereocenters. The van der Waals surface area contributed by atoms with Crippen LogP contribution in [0.2, 0.25) is 0 Å². The molecule has 1 N–H and O–H groups in total. The van der Waals surface area contributed by atoms with Gasteiger partial charge in [-0.1, -0.05) is 38.5 Å². The van der Waals surface area contributed by atoms with Crippen molar-refractivity contribution in [3.05, 3.63) is 35.4 Å². The molecule has 0 fully saturated rings. The van der Waals surface area contributed by atoms with Gasteiger partial charge in [0.05, 0.1) is 5.56 Å². The van der Waals surface area contributed by atoms with Gasteiger partial charge in [0.15, 0.2) is 0 Å². The minimum atomic E-state index is -0.922. The van der Waals surface area contributed by atoms with E-state index in [1.807, 2.05) is 6.07 Å². The standard InChI is InChI=1S/C16H23NO3/c1-4-12(2)11-15(18)17(3)10-9-13-7-5-6-8-14(13)16(19)20/h5-8,12H,4,9-11H2,1-3H3,(H,19,20). The second-order valence-corrected chi connectivity index (χ2v) is 5.25. The molecule has 0 spiro atoms. The summed E-state index contributed by atoms with van der Waals surface area (Å²) in [6.45, 7) is 4.67. The first-order valence-corrected chi connectivity index (χ1v) is 7.00. The van der Waals surface area contributed by atoms with Crippen LogP contribution in [0.1, 0.15) is 42.6 Å². The number of nitrogens with zero attached hydrogens (tertiary/aromatic N) is 1. The fourth-order valence-electron chi connectivity index (χ4n) is 1.96. The zero-order valence-electron chi connectivity index (χ0n) is 12.4. The highest BCUT2D eigenvalue weighted by Crippen LogP contribution is 2.12. The van der Waals surface area contributed by atoms with Crippen LogP contribution >= 0.6 is 0 Å². The Bertz CT molecular complexity index is 471. The summed E-state index contributed by atoms with van der Waals surface area (Å²) in [6.07, 6.45) is 2.10. The highest BCUT2D eigenvalue weighted by molar-refractivity contribution is 5.89. The highest BCUT2D eigenvalue weighted by Gasteiger charge is 2.14. The number of aromatic carboxylic acids is 1. The van der Waals surface area contributed by atoms with Gasteiger partial charge in [0, 0.05) is 20.0 Å². The maximum Gasteiger partial charge on any atom is 0.335 e. The number of carboxylic acids is 1. The molecular weight excluding hydrogens is 254 g/mol. The lowest BCUT2D eigenvalue weighted by atomic mass is 10.0. The summed E-state index contributed by atoms with van der Waals surface area (Å²) < 4.78 is 0. The number of likely N-dealkylation sites (N-methyl/N-ethyl adjacent to an activating group) is 1. The van der Waals surface area contributed by atoms with Crippen LogP contribution in [-0.2, 0) is 11.2 Å². The molecule has 0 aromatic heterocycles. The van der Waals surface area contributed by atoms with E-state index in [-0.39, 0.29) is 5.91 Å². The fourth-order valence-corrected chi connectivity index (χ4v) is 1.96. The molecule has 0 saturated heterocycles. The summed E-state index contributed by atoms with van der Waals surface area (Å²) >= 11 is 0. The van der Waals surface area contributed by atoms with E-state index in [9.17, 15) is 9.59 Å². The van der Waals surface area contributed by atoms with Crippen molar-refractivity contribution in [3.63, 3.8) is 0 Å². The number of rotatable bonds is 7. The van der Waals surface area contributed by atoms with Crippen LogP contribution in [0, 0.1) is 5.92 Å². The lowest BCUT2D eigenvalue weighted by Crippen LogP contribution is -2.30. The van der Waals surface area contributed by atoms with E-state index < -0.39 is 5.97 Å². The van der Waals surface area contributed by atoms with Gasteiger partial charge in [-0.3, -0.25) is 4.79 Å². The molecule has 0 saturated carbocycles. The van der Waals surface area contributed by atoms with Gasteiger partial charge in [-0.15, -0.1) is 0 Å². The summed E-state index contributed by atoms with van der Waals surface area (Å²) in [7, 11) is 1.77. The molecule has 4 heteroatoms. The number of carbonyl (C=O) groups excluding carboxylic acids is 1. The zero-order chi connectivity index (χ0) is 15.1. The van der Waals surface area contributed by atoms with Crippen LogP contribution in [0.5, 0.6) is 0 Å². The maximum absolute atomic E-state index is 12.0. The second kappa shape index (κ2) is 7.68. The first kappa shape index (κ1) is 16.2. The molecule has 0 aliphatic rings. The Morgan fingerprint density at radius 2 is 1.95 bits per heavy atom.